The normalized spacial score (nSPS) is 13.7. The Labute approximate surface area is 353 Å². The number of amides is 1. The Morgan fingerprint density at radius 3 is 1.39 bits per heavy atom. The van der Waals surface area contributed by atoms with Gasteiger partial charge in [-0.15, -0.1) is 0 Å². The lowest BCUT2D eigenvalue weighted by atomic mass is 10.0. The predicted molar refractivity (Wildman–Crippen MR) is 245 cm³/mol. The molecule has 0 rings (SSSR count). The van der Waals surface area contributed by atoms with Crippen molar-refractivity contribution in [1.29, 1.82) is 0 Å². The molecule has 0 aromatic carbocycles. The van der Waals surface area contributed by atoms with E-state index in [1.54, 1.807) is 0 Å². The number of nitrogens with one attached hydrogen (secondary N) is 1. The molecule has 3 atom stereocenters. The highest BCUT2D eigenvalue weighted by atomic mass is 16.5. The highest BCUT2D eigenvalue weighted by molar-refractivity contribution is 5.77. The first-order valence-corrected chi connectivity index (χ1v) is 24.4. The second-order valence-electron chi connectivity index (χ2n) is 16.6. The van der Waals surface area contributed by atoms with Crippen LogP contribution in [0.2, 0.25) is 0 Å². The average molecular weight is 800 g/mol. The molecule has 0 aromatic heterocycles. The van der Waals surface area contributed by atoms with Crippen LogP contribution in [0, 0.1) is 0 Å². The molecule has 0 aliphatic carbocycles. The predicted octanol–water partition coefficient (Wildman–Crippen LogP) is 14.3. The van der Waals surface area contributed by atoms with Crippen molar-refractivity contribution in [3.05, 3.63) is 48.6 Å². The maximum Gasteiger partial charge on any atom is 0.306 e. The number of carbonyl (C=O) groups is 2. The minimum Gasteiger partial charge on any atom is -0.462 e. The van der Waals surface area contributed by atoms with Crippen LogP contribution in [0.1, 0.15) is 239 Å². The molecule has 0 radical (unpaired) electrons. The maximum absolute atomic E-state index is 13.1. The number of allylic oxidation sites excluding steroid dienone is 8. The van der Waals surface area contributed by atoms with Gasteiger partial charge in [0.05, 0.1) is 25.2 Å². The fraction of sp³-hybridized carbons (Fsp3) is 0.804. The third-order valence-electron chi connectivity index (χ3n) is 11.0. The number of rotatable bonds is 43. The van der Waals surface area contributed by atoms with Gasteiger partial charge in [-0.05, 0) is 51.4 Å². The van der Waals surface area contributed by atoms with Crippen molar-refractivity contribution in [1.82, 2.24) is 5.32 Å². The van der Waals surface area contributed by atoms with Gasteiger partial charge in [0, 0.05) is 6.42 Å². The quantitative estimate of drug-likeness (QED) is 0.0324. The van der Waals surface area contributed by atoms with Gasteiger partial charge in [-0.2, -0.15) is 0 Å². The summed E-state index contributed by atoms with van der Waals surface area (Å²) in [7, 11) is 0. The minimum absolute atomic E-state index is 0.0687. The fourth-order valence-corrected chi connectivity index (χ4v) is 7.27. The molecule has 0 saturated heterocycles. The molecule has 0 fully saturated rings. The SMILES string of the molecule is CCCCC/C=C/C=C/C=C/C=C/CCCCCCCC(=O)OC(CCCCCCCCCC)CC(=O)NC(CO)C(O)CCCCCCCCCCCCCC. The van der Waals surface area contributed by atoms with E-state index in [9.17, 15) is 19.8 Å². The maximum atomic E-state index is 13.1. The second-order valence-corrected chi connectivity index (χ2v) is 16.6. The lowest BCUT2D eigenvalue weighted by molar-refractivity contribution is -0.151. The van der Waals surface area contributed by atoms with Crippen molar-refractivity contribution < 1.29 is 24.5 Å². The van der Waals surface area contributed by atoms with E-state index in [0.29, 0.717) is 19.3 Å². The average Bonchev–Trinajstić information content (AvgIpc) is 3.20. The fourth-order valence-electron chi connectivity index (χ4n) is 7.27. The van der Waals surface area contributed by atoms with Crippen LogP contribution in [0.25, 0.3) is 0 Å². The van der Waals surface area contributed by atoms with E-state index in [0.717, 1.165) is 83.5 Å². The van der Waals surface area contributed by atoms with E-state index in [1.807, 2.05) is 0 Å². The zero-order valence-corrected chi connectivity index (χ0v) is 37.7. The molecule has 0 bridgehead atoms. The molecular weight excluding hydrogens is 707 g/mol. The van der Waals surface area contributed by atoms with Crippen LogP contribution in [0.3, 0.4) is 0 Å². The van der Waals surface area contributed by atoms with Gasteiger partial charge in [-0.1, -0.05) is 223 Å². The number of esters is 1. The largest absolute Gasteiger partial charge is 0.462 e. The highest BCUT2D eigenvalue weighted by Gasteiger charge is 2.24. The Hall–Kier alpha value is -2.18. The monoisotopic (exact) mass is 800 g/mol. The number of aliphatic hydroxyl groups excluding tert-OH is 2. The van der Waals surface area contributed by atoms with Gasteiger partial charge in [0.15, 0.2) is 0 Å². The highest BCUT2D eigenvalue weighted by Crippen LogP contribution is 2.17. The van der Waals surface area contributed by atoms with E-state index in [-0.39, 0.29) is 24.9 Å². The summed E-state index contributed by atoms with van der Waals surface area (Å²) in [6.07, 6.45) is 53.1. The first-order chi connectivity index (χ1) is 28.0. The van der Waals surface area contributed by atoms with Gasteiger partial charge in [-0.3, -0.25) is 9.59 Å². The zero-order chi connectivity index (χ0) is 41.7. The Kier molecular flexibility index (Phi) is 43.2. The first kappa shape index (κ1) is 54.8. The molecule has 0 heterocycles. The Balaban J connectivity index is 4.49. The summed E-state index contributed by atoms with van der Waals surface area (Å²) in [6, 6.07) is -0.703. The van der Waals surface area contributed by atoms with Gasteiger partial charge >= 0.3 is 5.97 Å². The molecular formula is C51H93NO5. The lowest BCUT2D eigenvalue weighted by Gasteiger charge is -2.24. The Morgan fingerprint density at radius 2 is 0.895 bits per heavy atom. The van der Waals surface area contributed by atoms with E-state index in [1.165, 1.54) is 109 Å². The number of hydrogen-bond acceptors (Lipinski definition) is 5. The summed E-state index contributed by atoms with van der Waals surface area (Å²) >= 11 is 0. The van der Waals surface area contributed by atoms with Crippen LogP contribution in [0.5, 0.6) is 0 Å². The zero-order valence-electron chi connectivity index (χ0n) is 37.7. The summed E-state index contributed by atoms with van der Waals surface area (Å²) < 4.78 is 5.89. The van der Waals surface area contributed by atoms with Crippen LogP contribution >= 0.6 is 0 Å². The lowest BCUT2D eigenvalue weighted by Crippen LogP contribution is -2.46. The van der Waals surface area contributed by atoms with Crippen molar-refractivity contribution in [2.75, 3.05) is 6.61 Å². The summed E-state index contributed by atoms with van der Waals surface area (Å²) in [4.78, 5) is 26.0. The summed E-state index contributed by atoms with van der Waals surface area (Å²) in [5.74, 6) is -0.500. The van der Waals surface area contributed by atoms with Gasteiger partial charge in [-0.25, -0.2) is 0 Å². The van der Waals surface area contributed by atoms with Crippen molar-refractivity contribution in [3.63, 3.8) is 0 Å². The number of ether oxygens (including phenoxy) is 1. The molecule has 3 N–H and O–H groups in total. The van der Waals surface area contributed by atoms with Crippen molar-refractivity contribution in [2.24, 2.45) is 0 Å². The molecule has 0 saturated carbocycles. The van der Waals surface area contributed by atoms with Crippen molar-refractivity contribution in [3.8, 4) is 0 Å². The molecule has 332 valence electrons. The smallest absolute Gasteiger partial charge is 0.306 e. The second kappa shape index (κ2) is 44.9. The van der Waals surface area contributed by atoms with Gasteiger partial charge in [0.25, 0.3) is 0 Å². The topological polar surface area (TPSA) is 95.9 Å². The van der Waals surface area contributed by atoms with E-state index in [4.69, 9.17) is 4.74 Å². The summed E-state index contributed by atoms with van der Waals surface area (Å²) in [5.41, 5.74) is 0. The third kappa shape index (κ3) is 40.4. The minimum atomic E-state index is -0.788. The first-order valence-electron chi connectivity index (χ1n) is 24.4. The molecule has 3 unspecified atom stereocenters. The Bertz CT molecular complexity index is 988. The number of hydrogen-bond donors (Lipinski definition) is 3. The molecule has 0 aliphatic heterocycles. The third-order valence-corrected chi connectivity index (χ3v) is 11.0. The van der Waals surface area contributed by atoms with E-state index >= 15 is 0 Å². The summed E-state index contributed by atoms with van der Waals surface area (Å²) in [6.45, 7) is 6.41. The van der Waals surface area contributed by atoms with Crippen LogP contribution in [-0.2, 0) is 14.3 Å². The van der Waals surface area contributed by atoms with Gasteiger partial charge in [0.1, 0.15) is 6.10 Å². The molecule has 0 aromatic rings. The summed E-state index contributed by atoms with van der Waals surface area (Å²) in [5, 5.41) is 23.6. The van der Waals surface area contributed by atoms with Gasteiger partial charge < -0.3 is 20.3 Å². The number of carbonyl (C=O) groups excluding carboxylic acids is 2. The molecule has 6 nitrogen and oxygen atoms in total. The number of aliphatic hydroxyl groups is 2. The molecule has 0 spiro atoms. The van der Waals surface area contributed by atoms with Crippen LogP contribution in [0.15, 0.2) is 48.6 Å². The van der Waals surface area contributed by atoms with Crippen LogP contribution < -0.4 is 5.32 Å². The Morgan fingerprint density at radius 1 is 0.509 bits per heavy atom. The van der Waals surface area contributed by atoms with Crippen molar-refractivity contribution in [2.45, 2.75) is 257 Å². The molecule has 1 amide bonds. The van der Waals surface area contributed by atoms with Crippen LogP contribution in [-0.4, -0.2) is 46.9 Å². The van der Waals surface area contributed by atoms with E-state index < -0.39 is 18.2 Å². The number of unbranched alkanes of at least 4 members (excludes halogenated alkanes) is 26. The van der Waals surface area contributed by atoms with Crippen LogP contribution in [0.4, 0.5) is 0 Å². The standard InChI is InChI=1S/C51H93NO5/c1-4-7-10-13-16-19-21-23-24-25-26-27-28-30-32-35-38-41-44-51(56)57-47(42-39-36-33-18-15-12-9-6-3)45-50(55)52-48(46-53)49(54)43-40-37-34-31-29-22-20-17-14-11-8-5-2/h16,19,21,23-27,47-49,53-54H,4-15,17-18,20,22,28-46H2,1-3H3,(H,52,55)/b19-16+,23-21+,25-24+,27-26+. The molecule has 57 heavy (non-hydrogen) atoms. The van der Waals surface area contributed by atoms with Crippen molar-refractivity contribution >= 4 is 11.9 Å². The molecule has 6 heteroatoms. The molecule has 0 aliphatic rings. The van der Waals surface area contributed by atoms with E-state index in [2.05, 4.69) is 74.7 Å². The van der Waals surface area contributed by atoms with Gasteiger partial charge in [0.2, 0.25) is 5.91 Å².